The van der Waals surface area contributed by atoms with Gasteiger partial charge in [0.2, 0.25) is 0 Å². The molecule has 0 spiro atoms. The monoisotopic (exact) mass is 224 g/mol. The molecule has 0 nitrogen and oxygen atoms in total. The molecule has 0 unspecified atom stereocenters. The Morgan fingerprint density at radius 3 is 0.867 bits per heavy atom. The predicted octanol–water partition coefficient (Wildman–Crippen LogP) is 5.55. The molecule has 15 heavy (non-hydrogen) atoms. The SMILES string of the molecule is CCCCCCCCCCCCCC.[H-].[H-].[Mg+2]. The van der Waals surface area contributed by atoms with Crippen molar-refractivity contribution in [1.29, 1.82) is 0 Å². The van der Waals surface area contributed by atoms with E-state index in [-0.39, 0.29) is 25.9 Å². The summed E-state index contributed by atoms with van der Waals surface area (Å²) in [5, 5.41) is 0. The molecule has 0 aliphatic heterocycles. The standard InChI is InChI=1S/C14H30.Mg.2H/c1-3-5-7-9-11-13-14-12-10-8-6-4-2;;;/h3-14H2,1-2H3;;;/q;+2;2*-1. The molecule has 0 radical (unpaired) electrons. The van der Waals surface area contributed by atoms with Crippen molar-refractivity contribution in [2.45, 2.75) is 90.9 Å². The zero-order chi connectivity index (χ0) is 10.5. The Bertz CT molecular complexity index is 88.2. The second-order valence-corrected chi connectivity index (χ2v) is 4.54. The van der Waals surface area contributed by atoms with Gasteiger partial charge < -0.3 is 2.85 Å². The second kappa shape index (κ2) is 17.2. The van der Waals surface area contributed by atoms with Crippen molar-refractivity contribution in [3.8, 4) is 0 Å². The van der Waals surface area contributed by atoms with Crippen LogP contribution in [0.4, 0.5) is 0 Å². The van der Waals surface area contributed by atoms with E-state index in [0.717, 1.165) is 0 Å². The van der Waals surface area contributed by atoms with Crippen molar-refractivity contribution in [2.75, 3.05) is 0 Å². The summed E-state index contributed by atoms with van der Waals surface area (Å²) < 4.78 is 0. The first-order valence-electron chi connectivity index (χ1n) is 6.91. The molecule has 90 valence electrons. The zero-order valence-corrected chi connectivity index (χ0v) is 12.6. The van der Waals surface area contributed by atoms with Crippen LogP contribution in [0.15, 0.2) is 0 Å². The molecule has 0 atom stereocenters. The molecule has 0 heterocycles. The first kappa shape index (κ1) is 18.1. The zero-order valence-electron chi connectivity index (χ0n) is 13.2. The van der Waals surface area contributed by atoms with Crippen LogP contribution in [0.5, 0.6) is 0 Å². The summed E-state index contributed by atoms with van der Waals surface area (Å²) in [5.41, 5.74) is 0. The third-order valence-corrected chi connectivity index (χ3v) is 2.96. The average molecular weight is 225 g/mol. The van der Waals surface area contributed by atoms with Gasteiger partial charge in [0.25, 0.3) is 0 Å². The molecule has 0 aliphatic carbocycles. The number of hydrogen-bond acceptors (Lipinski definition) is 0. The van der Waals surface area contributed by atoms with E-state index in [4.69, 9.17) is 0 Å². The van der Waals surface area contributed by atoms with Gasteiger partial charge in [-0.25, -0.2) is 0 Å². The largest absolute Gasteiger partial charge is 2.00 e. The van der Waals surface area contributed by atoms with Gasteiger partial charge in [-0.15, -0.1) is 0 Å². The van der Waals surface area contributed by atoms with Crippen LogP contribution in [0, 0.1) is 0 Å². The number of rotatable bonds is 11. The fourth-order valence-corrected chi connectivity index (χ4v) is 1.91. The van der Waals surface area contributed by atoms with Crippen molar-refractivity contribution in [2.24, 2.45) is 0 Å². The van der Waals surface area contributed by atoms with E-state index in [1.807, 2.05) is 0 Å². The molecule has 0 aromatic carbocycles. The van der Waals surface area contributed by atoms with Crippen LogP contribution in [-0.2, 0) is 0 Å². The smallest absolute Gasteiger partial charge is 1.00 e. The molecular weight excluding hydrogens is 192 g/mol. The van der Waals surface area contributed by atoms with Gasteiger partial charge in [-0.1, -0.05) is 90.9 Å². The van der Waals surface area contributed by atoms with Crippen molar-refractivity contribution < 1.29 is 2.85 Å². The molecule has 0 aromatic rings. The van der Waals surface area contributed by atoms with Gasteiger partial charge in [-0.05, 0) is 0 Å². The first-order chi connectivity index (χ1) is 6.91. The van der Waals surface area contributed by atoms with Gasteiger partial charge in [0, 0.05) is 0 Å². The van der Waals surface area contributed by atoms with Gasteiger partial charge in [0.05, 0.1) is 0 Å². The Kier molecular flexibility index (Phi) is 20.8. The third kappa shape index (κ3) is 17.4. The van der Waals surface area contributed by atoms with E-state index < -0.39 is 0 Å². The topological polar surface area (TPSA) is 0 Å². The predicted molar refractivity (Wildman–Crippen MR) is 74.7 cm³/mol. The molecule has 0 N–H and O–H groups in total. The maximum absolute atomic E-state index is 2.29. The molecule has 0 rings (SSSR count). The van der Waals surface area contributed by atoms with E-state index >= 15 is 0 Å². The normalized spacial score (nSPS) is 10.0. The molecule has 0 amide bonds. The van der Waals surface area contributed by atoms with E-state index in [0.29, 0.717) is 0 Å². The maximum atomic E-state index is 2.29. The summed E-state index contributed by atoms with van der Waals surface area (Å²) in [6, 6.07) is 0. The van der Waals surface area contributed by atoms with Gasteiger partial charge >= 0.3 is 23.1 Å². The Balaban J connectivity index is -0.000000282. The van der Waals surface area contributed by atoms with Gasteiger partial charge in [0.1, 0.15) is 0 Å². The summed E-state index contributed by atoms with van der Waals surface area (Å²) in [6.07, 6.45) is 17.4. The molecular formula is C14H32Mg. The van der Waals surface area contributed by atoms with Crippen LogP contribution < -0.4 is 0 Å². The van der Waals surface area contributed by atoms with Crippen molar-refractivity contribution in [3.63, 3.8) is 0 Å². The average Bonchev–Trinajstić information content (AvgIpc) is 2.21. The molecule has 0 aliphatic rings. The van der Waals surface area contributed by atoms with Crippen molar-refractivity contribution in [1.82, 2.24) is 0 Å². The third-order valence-electron chi connectivity index (χ3n) is 2.96. The van der Waals surface area contributed by atoms with Crippen LogP contribution in [0.25, 0.3) is 0 Å². The van der Waals surface area contributed by atoms with Crippen LogP contribution in [0.1, 0.15) is 93.8 Å². The minimum atomic E-state index is 0. The van der Waals surface area contributed by atoms with E-state index in [9.17, 15) is 0 Å². The van der Waals surface area contributed by atoms with E-state index in [1.54, 1.807) is 0 Å². The quantitative estimate of drug-likeness (QED) is 0.319. The second-order valence-electron chi connectivity index (χ2n) is 4.54. The summed E-state index contributed by atoms with van der Waals surface area (Å²) >= 11 is 0. The fourth-order valence-electron chi connectivity index (χ4n) is 1.91. The minimum absolute atomic E-state index is 0. The molecule has 0 saturated heterocycles. The van der Waals surface area contributed by atoms with Crippen molar-refractivity contribution in [3.05, 3.63) is 0 Å². The van der Waals surface area contributed by atoms with Crippen LogP contribution in [-0.4, -0.2) is 23.1 Å². The van der Waals surface area contributed by atoms with Crippen molar-refractivity contribution >= 4 is 23.1 Å². The van der Waals surface area contributed by atoms with E-state index in [2.05, 4.69) is 13.8 Å². The van der Waals surface area contributed by atoms with Crippen LogP contribution in [0.2, 0.25) is 0 Å². The fraction of sp³-hybridized carbons (Fsp3) is 1.00. The van der Waals surface area contributed by atoms with Crippen LogP contribution >= 0.6 is 0 Å². The summed E-state index contributed by atoms with van der Waals surface area (Å²) in [4.78, 5) is 0. The molecule has 0 aromatic heterocycles. The molecule has 0 bridgehead atoms. The Morgan fingerprint density at radius 1 is 0.467 bits per heavy atom. The molecule has 0 fully saturated rings. The molecule has 0 saturated carbocycles. The van der Waals surface area contributed by atoms with Gasteiger partial charge in [0.15, 0.2) is 0 Å². The summed E-state index contributed by atoms with van der Waals surface area (Å²) in [5.74, 6) is 0. The Hall–Kier alpha value is 0.766. The Morgan fingerprint density at radius 2 is 0.667 bits per heavy atom. The van der Waals surface area contributed by atoms with E-state index in [1.165, 1.54) is 77.0 Å². The number of hydrogen-bond donors (Lipinski definition) is 0. The number of unbranched alkanes of at least 4 members (excludes halogenated alkanes) is 11. The maximum Gasteiger partial charge on any atom is 2.00 e. The first-order valence-corrected chi connectivity index (χ1v) is 6.91. The van der Waals surface area contributed by atoms with Gasteiger partial charge in [-0.2, -0.15) is 0 Å². The Labute approximate surface area is 117 Å². The minimum Gasteiger partial charge on any atom is -1.00 e. The molecule has 1 heteroatoms. The van der Waals surface area contributed by atoms with Gasteiger partial charge in [-0.3, -0.25) is 0 Å². The summed E-state index contributed by atoms with van der Waals surface area (Å²) in [6.45, 7) is 4.57. The summed E-state index contributed by atoms with van der Waals surface area (Å²) in [7, 11) is 0. The van der Waals surface area contributed by atoms with Crippen LogP contribution in [0.3, 0.4) is 0 Å².